The Kier molecular flexibility index (Phi) is 4.45. The third-order valence-corrected chi connectivity index (χ3v) is 4.31. The van der Waals surface area contributed by atoms with Crippen molar-refractivity contribution < 1.29 is 9.13 Å². The van der Waals surface area contributed by atoms with Gasteiger partial charge in [0.25, 0.3) is 0 Å². The van der Waals surface area contributed by atoms with E-state index in [9.17, 15) is 4.39 Å². The largest absolute Gasteiger partial charge is 0.373 e. The molecule has 0 saturated heterocycles. The number of ether oxygens (including phenoxy) is 1. The Labute approximate surface area is 119 Å². The van der Waals surface area contributed by atoms with Crippen molar-refractivity contribution >= 4 is 5.95 Å². The van der Waals surface area contributed by atoms with Gasteiger partial charge in [0, 0.05) is 0 Å². The Morgan fingerprint density at radius 2 is 1.65 bits per heavy atom. The predicted molar refractivity (Wildman–Crippen MR) is 75.0 cm³/mol. The molecule has 0 spiro atoms. The van der Waals surface area contributed by atoms with Crippen LogP contribution in [-0.4, -0.2) is 28.2 Å². The summed E-state index contributed by atoms with van der Waals surface area (Å²) in [6.07, 6.45) is 12.6. The van der Waals surface area contributed by atoms with Crippen molar-refractivity contribution in [3.05, 3.63) is 18.2 Å². The highest BCUT2D eigenvalue weighted by atomic mass is 19.1. The molecular formula is C15H22FN3O. The van der Waals surface area contributed by atoms with Gasteiger partial charge in [0.15, 0.2) is 5.82 Å². The number of nitrogens with zero attached hydrogens (tertiary/aromatic N) is 2. The zero-order chi connectivity index (χ0) is 13.8. The standard InChI is InChI=1S/C15H22FN3O/c16-11-9-17-15(18-10-11)19-13-7-3-4-8-14(13)20-12-5-1-2-6-12/h9-10,12-14H,1-8H2,(H,17,18,19)/t13-,14+/m1/s1. The molecule has 2 aliphatic carbocycles. The molecule has 4 nitrogen and oxygen atoms in total. The van der Waals surface area contributed by atoms with Crippen LogP contribution in [0.4, 0.5) is 10.3 Å². The van der Waals surface area contributed by atoms with E-state index in [1.807, 2.05) is 0 Å². The Hall–Kier alpha value is -1.23. The van der Waals surface area contributed by atoms with E-state index in [0.717, 1.165) is 12.8 Å². The van der Waals surface area contributed by atoms with Crippen molar-refractivity contribution in [2.45, 2.75) is 69.6 Å². The average Bonchev–Trinajstić information content (AvgIpc) is 2.96. The molecule has 1 aromatic heterocycles. The normalized spacial score (nSPS) is 27.6. The predicted octanol–water partition coefficient (Wildman–Crippen LogP) is 3.30. The lowest BCUT2D eigenvalue weighted by Crippen LogP contribution is -2.40. The fourth-order valence-corrected chi connectivity index (χ4v) is 3.25. The van der Waals surface area contributed by atoms with Gasteiger partial charge < -0.3 is 10.1 Å². The summed E-state index contributed by atoms with van der Waals surface area (Å²) < 4.78 is 19.1. The molecule has 0 amide bonds. The summed E-state index contributed by atoms with van der Waals surface area (Å²) in [5.74, 6) is 0.0938. The van der Waals surface area contributed by atoms with Gasteiger partial charge in [-0.25, -0.2) is 14.4 Å². The first kappa shape index (κ1) is 13.7. The first-order valence-corrected chi connectivity index (χ1v) is 7.71. The molecule has 1 N–H and O–H groups in total. The van der Waals surface area contributed by atoms with Crippen LogP contribution < -0.4 is 5.32 Å². The molecular weight excluding hydrogens is 257 g/mol. The molecule has 1 heterocycles. The van der Waals surface area contributed by atoms with Crippen LogP contribution in [0.15, 0.2) is 12.4 Å². The lowest BCUT2D eigenvalue weighted by atomic mass is 9.92. The van der Waals surface area contributed by atoms with Gasteiger partial charge in [0.05, 0.1) is 30.6 Å². The van der Waals surface area contributed by atoms with Crippen LogP contribution in [0.2, 0.25) is 0 Å². The summed E-state index contributed by atoms with van der Waals surface area (Å²) in [4.78, 5) is 7.97. The Balaban J connectivity index is 1.60. The number of hydrogen-bond acceptors (Lipinski definition) is 4. The van der Waals surface area contributed by atoms with Crippen molar-refractivity contribution in [1.29, 1.82) is 0 Å². The maximum Gasteiger partial charge on any atom is 0.223 e. The molecule has 2 saturated carbocycles. The molecule has 2 aliphatic rings. The molecule has 2 fully saturated rings. The lowest BCUT2D eigenvalue weighted by Gasteiger charge is -2.34. The van der Waals surface area contributed by atoms with E-state index in [1.165, 1.54) is 50.9 Å². The highest BCUT2D eigenvalue weighted by Gasteiger charge is 2.29. The minimum absolute atomic E-state index is 0.237. The van der Waals surface area contributed by atoms with Crippen LogP contribution in [0, 0.1) is 5.82 Å². The minimum atomic E-state index is -0.405. The van der Waals surface area contributed by atoms with Crippen LogP contribution in [0.1, 0.15) is 51.4 Å². The van der Waals surface area contributed by atoms with E-state index in [-0.39, 0.29) is 12.1 Å². The smallest absolute Gasteiger partial charge is 0.223 e. The SMILES string of the molecule is Fc1cnc(N[C@@H]2CCCC[C@@H]2OC2CCCC2)nc1. The molecule has 2 atom stereocenters. The molecule has 0 aliphatic heterocycles. The van der Waals surface area contributed by atoms with Gasteiger partial charge in [-0.1, -0.05) is 25.7 Å². The maximum absolute atomic E-state index is 12.8. The molecule has 3 rings (SSSR count). The number of hydrogen-bond donors (Lipinski definition) is 1. The fourth-order valence-electron chi connectivity index (χ4n) is 3.25. The lowest BCUT2D eigenvalue weighted by molar-refractivity contribution is -0.0322. The summed E-state index contributed by atoms with van der Waals surface area (Å²) >= 11 is 0. The van der Waals surface area contributed by atoms with Crippen molar-refractivity contribution in [3.8, 4) is 0 Å². The first-order valence-electron chi connectivity index (χ1n) is 7.71. The second kappa shape index (κ2) is 6.48. The molecule has 5 heteroatoms. The summed E-state index contributed by atoms with van der Waals surface area (Å²) in [5.41, 5.74) is 0. The minimum Gasteiger partial charge on any atom is -0.373 e. The van der Waals surface area contributed by atoms with Gasteiger partial charge in [0.2, 0.25) is 5.95 Å². The zero-order valence-electron chi connectivity index (χ0n) is 11.7. The van der Waals surface area contributed by atoms with Gasteiger partial charge >= 0.3 is 0 Å². The van der Waals surface area contributed by atoms with E-state index in [1.54, 1.807) is 0 Å². The number of rotatable bonds is 4. The third-order valence-electron chi connectivity index (χ3n) is 4.31. The number of halogens is 1. The molecule has 0 bridgehead atoms. The van der Waals surface area contributed by atoms with Gasteiger partial charge in [-0.15, -0.1) is 0 Å². The van der Waals surface area contributed by atoms with Crippen LogP contribution >= 0.6 is 0 Å². The topological polar surface area (TPSA) is 47.0 Å². The first-order chi connectivity index (χ1) is 9.81. The number of aromatic nitrogens is 2. The Morgan fingerprint density at radius 3 is 2.40 bits per heavy atom. The summed E-state index contributed by atoms with van der Waals surface area (Å²) in [6, 6.07) is 0.245. The van der Waals surface area contributed by atoms with E-state index in [4.69, 9.17) is 4.74 Å². The van der Waals surface area contributed by atoms with E-state index < -0.39 is 5.82 Å². The van der Waals surface area contributed by atoms with Crippen LogP contribution in [-0.2, 0) is 4.74 Å². The van der Waals surface area contributed by atoms with Crippen molar-refractivity contribution in [2.24, 2.45) is 0 Å². The second-order valence-electron chi connectivity index (χ2n) is 5.84. The number of anilines is 1. The highest BCUT2D eigenvalue weighted by molar-refractivity contribution is 5.25. The van der Waals surface area contributed by atoms with Gasteiger partial charge in [-0.3, -0.25) is 0 Å². The molecule has 20 heavy (non-hydrogen) atoms. The fraction of sp³-hybridized carbons (Fsp3) is 0.733. The van der Waals surface area contributed by atoms with Gasteiger partial charge in [-0.05, 0) is 25.7 Å². The van der Waals surface area contributed by atoms with E-state index in [2.05, 4.69) is 15.3 Å². The molecule has 0 radical (unpaired) electrons. The van der Waals surface area contributed by atoms with E-state index in [0.29, 0.717) is 12.1 Å². The third kappa shape index (κ3) is 3.45. The molecule has 0 unspecified atom stereocenters. The zero-order valence-corrected chi connectivity index (χ0v) is 11.7. The molecule has 1 aromatic rings. The van der Waals surface area contributed by atoms with Crippen molar-refractivity contribution in [2.75, 3.05) is 5.32 Å². The summed E-state index contributed by atoms with van der Waals surface area (Å²) in [7, 11) is 0. The van der Waals surface area contributed by atoms with Crippen LogP contribution in [0.25, 0.3) is 0 Å². The monoisotopic (exact) mass is 279 g/mol. The van der Waals surface area contributed by atoms with Crippen molar-refractivity contribution in [1.82, 2.24) is 9.97 Å². The van der Waals surface area contributed by atoms with E-state index >= 15 is 0 Å². The highest BCUT2D eigenvalue weighted by Crippen LogP contribution is 2.29. The van der Waals surface area contributed by atoms with Gasteiger partial charge in [-0.2, -0.15) is 0 Å². The van der Waals surface area contributed by atoms with Crippen LogP contribution in [0.5, 0.6) is 0 Å². The Bertz CT molecular complexity index is 420. The van der Waals surface area contributed by atoms with Crippen molar-refractivity contribution in [3.63, 3.8) is 0 Å². The summed E-state index contributed by atoms with van der Waals surface area (Å²) in [6.45, 7) is 0. The van der Waals surface area contributed by atoms with Crippen LogP contribution in [0.3, 0.4) is 0 Å². The maximum atomic E-state index is 12.8. The molecule has 0 aromatic carbocycles. The summed E-state index contributed by atoms with van der Waals surface area (Å²) in [5, 5.41) is 3.32. The number of nitrogens with one attached hydrogen (secondary N) is 1. The second-order valence-corrected chi connectivity index (χ2v) is 5.84. The van der Waals surface area contributed by atoms with Gasteiger partial charge in [0.1, 0.15) is 0 Å². The molecule has 110 valence electrons. The quantitative estimate of drug-likeness (QED) is 0.918. The Morgan fingerprint density at radius 1 is 1.00 bits per heavy atom. The average molecular weight is 279 g/mol.